The van der Waals surface area contributed by atoms with Crippen LogP contribution >= 0.6 is 0 Å². The highest BCUT2D eigenvalue weighted by Crippen LogP contribution is 2.36. The van der Waals surface area contributed by atoms with Crippen LogP contribution in [0.15, 0.2) is 68.9 Å². The number of benzene rings is 2. The van der Waals surface area contributed by atoms with Gasteiger partial charge in [-0.15, -0.1) is 0 Å². The smallest absolute Gasteiger partial charge is 0.427 e. The van der Waals surface area contributed by atoms with Gasteiger partial charge in [0.25, 0.3) is 0 Å². The summed E-state index contributed by atoms with van der Waals surface area (Å²) in [5.74, 6) is -0.612. The zero-order chi connectivity index (χ0) is 23.9. The molecule has 1 fully saturated rings. The van der Waals surface area contributed by atoms with Gasteiger partial charge in [-0.1, -0.05) is 42.5 Å². The average Bonchev–Trinajstić information content (AvgIpc) is 3.38. The molecule has 2 aromatic carbocycles. The molecule has 34 heavy (non-hydrogen) atoms. The van der Waals surface area contributed by atoms with Gasteiger partial charge in [0, 0.05) is 24.6 Å². The Morgan fingerprint density at radius 3 is 2.59 bits per heavy atom. The second kappa shape index (κ2) is 11.0. The number of carbonyl (C=O) groups excluding carboxylic acids is 1. The van der Waals surface area contributed by atoms with Gasteiger partial charge in [-0.25, -0.2) is 15.0 Å². The Hall–Kier alpha value is -3.65. The Kier molecular flexibility index (Phi) is 7.59. The lowest BCUT2D eigenvalue weighted by Gasteiger charge is -2.21. The van der Waals surface area contributed by atoms with E-state index in [2.05, 4.69) is 20.2 Å². The third-order valence-electron chi connectivity index (χ3n) is 6.22. The molecule has 2 heterocycles. The summed E-state index contributed by atoms with van der Waals surface area (Å²) in [6, 6.07) is 16.4. The predicted octanol–water partition coefficient (Wildman–Crippen LogP) is 4.22. The number of hydrazone groups is 1. The fourth-order valence-corrected chi connectivity index (χ4v) is 4.43. The molecule has 1 aromatic heterocycles. The molecule has 4 rings (SSSR count). The van der Waals surface area contributed by atoms with E-state index in [1.165, 1.54) is 20.0 Å². The number of ether oxygens (including phenoxy) is 1. The minimum Gasteiger partial charge on any atom is -0.507 e. The zero-order valence-electron chi connectivity index (χ0n) is 19.2. The van der Waals surface area contributed by atoms with Crippen LogP contribution in [0.2, 0.25) is 0 Å². The maximum absolute atomic E-state index is 13.1. The van der Waals surface area contributed by atoms with Crippen molar-refractivity contribution in [3.63, 3.8) is 0 Å². The van der Waals surface area contributed by atoms with E-state index in [9.17, 15) is 14.7 Å². The summed E-state index contributed by atoms with van der Waals surface area (Å²) in [4.78, 5) is 27.1. The molecule has 1 unspecified atom stereocenters. The summed E-state index contributed by atoms with van der Waals surface area (Å²) in [5, 5.41) is 15.9. The number of para-hydroxylation sites is 1. The van der Waals surface area contributed by atoms with Crippen LogP contribution in [0.3, 0.4) is 0 Å². The molecule has 1 atom stereocenters. The van der Waals surface area contributed by atoms with E-state index >= 15 is 0 Å². The second-order valence-corrected chi connectivity index (χ2v) is 8.40. The molecule has 3 aromatic rings. The number of fused-ring (bicyclic) bond motifs is 1. The first-order valence-corrected chi connectivity index (χ1v) is 11.5. The Bertz CT molecular complexity index is 1220. The number of amides is 1. The summed E-state index contributed by atoms with van der Waals surface area (Å²) in [7, 11) is 1.28. The molecule has 1 aliphatic heterocycles. The lowest BCUT2D eigenvalue weighted by molar-refractivity contribution is 0.171. The molecule has 178 valence electrons. The van der Waals surface area contributed by atoms with Crippen LogP contribution in [0.5, 0.6) is 5.75 Å². The number of hydrogen-bond donors (Lipinski definition) is 2. The molecule has 8 heteroatoms. The standard InChI is InChI=1S/C26H29N3O5/c1-33-26(32)28-27-19(13-16-29-14-7-8-15-29)17-21(18-9-3-2-4-10-18)23-24(30)20-11-5-6-12-22(20)34-25(23)31/h2-6,9-12,21,30H,7-8,13-17H2,1H3,(H,28,32)/b27-19+. The number of nitrogens with zero attached hydrogens (tertiary/aromatic N) is 2. The Labute approximate surface area is 197 Å². The van der Waals surface area contributed by atoms with Gasteiger partial charge < -0.3 is 19.2 Å². The minimum absolute atomic E-state index is 0.0967. The van der Waals surface area contributed by atoms with Crippen molar-refractivity contribution in [3.05, 3.63) is 76.1 Å². The molecular formula is C26H29N3O5. The van der Waals surface area contributed by atoms with Gasteiger partial charge in [0.1, 0.15) is 11.3 Å². The predicted molar refractivity (Wildman–Crippen MR) is 130 cm³/mol. The van der Waals surface area contributed by atoms with Crippen molar-refractivity contribution in [1.29, 1.82) is 0 Å². The molecule has 1 amide bonds. The lowest BCUT2D eigenvalue weighted by atomic mass is 9.86. The number of carbonyl (C=O) groups is 1. The first kappa shape index (κ1) is 23.5. The maximum Gasteiger partial charge on any atom is 0.427 e. The third kappa shape index (κ3) is 5.46. The Balaban J connectivity index is 1.73. The fourth-order valence-electron chi connectivity index (χ4n) is 4.43. The fraction of sp³-hybridized carbons (Fsp3) is 0.346. The summed E-state index contributed by atoms with van der Waals surface area (Å²) >= 11 is 0. The Morgan fingerprint density at radius 2 is 1.85 bits per heavy atom. The second-order valence-electron chi connectivity index (χ2n) is 8.40. The van der Waals surface area contributed by atoms with Crippen LogP contribution in [0.25, 0.3) is 11.0 Å². The molecular weight excluding hydrogens is 434 g/mol. The summed E-state index contributed by atoms with van der Waals surface area (Å²) in [6.45, 7) is 2.87. The van der Waals surface area contributed by atoms with Gasteiger partial charge in [-0.05, 0) is 50.0 Å². The van der Waals surface area contributed by atoms with Crippen LogP contribution in [0, 0.1) is 0 Å². The van der Waals surface area contributed by atoms with Crippen LogP contribution < -0.4 is 11.1 Å². The number of likely N-dealkylation sites (tertiary alicyclic amines) is 1. The van der Waals surface area contributed by atoms with E-state index in [1.807, 2.05) is 30.3 Å². The Morgan fingerprint density at radius 1 is 1.15 bits per heavy atom. The van der Waals surface area contributed by atoms with Crippen LogP contribution in [0.1, 0.15) is 42.7 Å². The summed E-state index contributed by atoms with van der Waals surface area (Å²) in [6.07, 6.45) is 2.60. The number of aromatic hydroxyl groups is 1. The van der Waals surface area contributed by atoms with Crippen molar-refractivity contribution in [1.82, 2.24) is 10.3 Å². The van der Waals surface area contributed by atoms with Crippen LogP contribution in [-0.2, 0) is 4.74 Å². The van der Waals surface area contributed by atoms with E-state index in [1.54, 1.807) is 24.3 Å². The first-order chi connectivity index (χ1) is 16.6. The van der Waals surface area contributed by atoms with Crippen molar-refractivity contribution in [3.8, 4) is 5.75 Å². The molecule has 0 radical (unpaired) electrons. The quantitative estimate of drug-likeness (QED) is 0.294. The van der Waals surface area contributed by atoms with Gasteiger partial charge >= 0.3 is 11.7 Å². The van der Waals surface area contributed by atoms with Crippen LogP contribution in [0.4, 0.5) is 4.79 Å². The maximum atomic E-state index is 13.1. The lowest BCUT2D eigenvalue weighted by Crippen LogP contribution is -2.26. The number of rotatable bonds is 8. The van der Waals surface area contributed by atoms with E-state index in [-0.39, 0.29) is 11.3 Å². The topological polar surface area (TPSA) is 104 Å². The molecule has 0 spiro atoms. The van der Waals surface area contributed by atoms with Crippen LogP contribution in [-0.4, -0.2) is 48.6 Å². The monoisotopic (exact) mass is 463 g/mol. The van der Waals surface area contributed by atoms with Gasteiger partial charge in [-0.2, -0.15) is 5.10 Å². The molecule has 2 N–H and O–H groups in total. The number of nitrogens with one attached hydrogen (secondary N) is 1. The van der Waals surface area contributed by atoms with E-state index in [0.29, 0.717) is 29.5 Å². The summed E-state index contributed by atoms with van der Waals surface area (Å²) < 4.78 is 10.2. The van der Waals surface area contributed by atoms with Gasteiger partial charge in [-0.3, -0.25) is 0 Å². The van der Waals surface area contributed by atoms with Crippen molar-refractivity contribution in [2.75, 3.05) is 26.7 Å². The first-order valence-electron chi connectivity index (χ1n) is 11.5. The van der Waals surface area contributed by atoms with E-state index < -0.39 is 17.6 Å². The number of hydrogen-bond acceptors (Lipinski definition) is 7. The molecule has 1 aliphatic rings. The van der Waals surface area contributed by atoms with Gasteiger partial charge in [0.05, 0.1) is 18.1 Å². The highest BCUT2D eigenvalue weighted by molar-refractivity contribution is 5.88. The molecule has 8 nitrogen and oxygen atoms in total. The molecule has 0 saturated carbocycles. The summed E-state index contributed by atoms with van der Waals surface area (Å²) in [5.41, 5.74) is 3.87. The third-order valence-corrected chi connectivity index (χ3v) is 6.22. The van der Waals surface area contributed by atoms with Gasteiger partial charge in [0.15, 0.2) is 0 Å². The SMILES string of the molecule is COC(=O)N/N=C(\CCN1CCCC1)CC(c1ccccc1)c1c(O)c2ccccc2oc1=O. The van der Waals surface area contributed by atoms with Crippen molar-refractivity contribution >= 4 is 22.8 Å². The van der Waals surface area contributed by atoms with E-state index in [4.69, 9.17) is 4.42 Å². The van der Waals surface area contributed by atoms with E-state index in [0.717, 1.165) is 25.2 Å². The average molecular weight is 464 g/mol. The van der Waals surface area contributed by atoms with Crippen molar-refractivity contribution in [2.24, 2.45) is 5.10 Å². The molecule has 0 aliphatic carbocycles. The zero-order valence-corrected chi connectivity index (χ0v) is 19.2. The molecule has 0 bridgehead atoms. The van der Waals surface area contributed by atoms with Gasteiger partial charge in [0.2, 0.25) is 0 Å². The highest BCUT2D eigenvalue weighted by atomic mass is 16.5. The van der Waals surface area contributed by atoms with Crippen molar-refractivity contribution in [2.45, 2.75) is 31.6 Å². The number of methoxy groups -OCH3 is 1. The molecule has 1 saturated heterocycles. The minimum atomic E-state index is -0.664. The largest absolute Gasteiger partial charge is 0.507 e. The van der Waals surface area contributed by atoms with Crippen molar-refractivity contribution < 1.29 is 19.1 Å². The highest BCUT2D eigenvalue weighted by Gasteiger charge is 2.27. The normalized spacial score (nSPS) is 15.4.